The van der Waals surface area contributed by atoms with Crippen molar-refractivity contribution < 1.29 is 59.9 Å². The largest absolute Gasteiger partial charge is 0.444 e. The zero-order chi connectivity index (χ0) is 67.5. The molecule has 2 saturated carbocycles. The van der Waals surface area contributed by atoms with Gasteiger partial charge in [0.05, 0.1) is 12.1 Å². The summed E-state index contributed by atoms with van der Waals surface area (Å²) in [6.07, 6.45) is 3.70. The number of hydrogen-bond acceptors (Lipinski definition) is 14. The first-order valence-electron chi connectivity index (χ1n) is 29.7. The molecule has 0 spiro atoms. The monoisotopic (exact) mass is 1260 g/mol. The van der Waals surface area contributed by atoms with Crippen LogP contribution in [-0.4, -0.2) is 192 Å². The molecular formula is C59H114N12O13S2. The van der Waals surface area contributed by atoms with Crippen LogP contribution < -0.4 is 42.4 Å². The summed E-state index contributed by atoms with van der Waals surface area (Å²) in [6.45, 7) is 42.3. The van der Waals surface area contributed by atoms with Gasteiger partial charge in [0.1, 0.15) is 23.3 Å². The number of nitrogens with one attached hydrogen (secondary N) is 7. The number of nitrogens with two attached hydrogens (primary N) is 1. The number of alkyl carbamates (subject to hydrolysis) is 2. The van der Waals surface area contributed by atoms with Gasteiger partial charge in [0.25, 0.3) is 26.3 Å². The van der Waals surface area contributed by atoms with E-state index >= 15 is 0 Å². The Hall–Kier alpha value is -4.67. The number of ketones is 1. The SMILES string of the molecule is C=CCNC(=O)C(=O)C(CC1CCC1)NC(=O)[C@@H]1[C@@H]2[C@H](CN1C(=O)[C@@H](NC(=O)N[C@H](CN(C)S(=O)(=O)N(C)C)C(C)(C)C)C(C)(C)C)C2(C)C.CC(C)(C)OC(=O)N[C@H](CN)C(C)(C)C.CN(C)S(=O)(=O)NC[C@@H](NC(=O)OC(C)(C)C)C(C)(C)C. The third-order valence-electron chi connectivity index (χ3n) is 15.5. The van der Waals surface area contributed by atoms with E-state index in [0.717, 1.165) is 27.9 Å². The Labute approximate surface area is 517 Å². The van der Waals surface area contributed by atoms with Gasteiger partial charge in [0.2, 0.25) is 17.6 Å². The number of urea groups is 1. The number of Topliss-reactive ketones (excluding diaryl/α,β-unsaturated/α-hetero) is 1. The Morgan fingerprint density at radius 2 is 1.15 bits per heavy atom. The molecule has 2 aliphatic carbocycles. The first-order chi connectivity index (χ1) is 38.6. The van der Waals surface area contributed by atoms with E-state index in [1.807, 2.05) is 104 Å². The van der Waals surface area contributed by atoms with Gasteiger partial charge in [0, 0.05) is 80.0 Å². The fraction of sp³-hybridized carbons (Fsp3) is 0.847. The lowest BCUT2D eigenvalue weighted by molar-refractivity contribution is -0.145. The van der Waals surface area contributed by atoms with Crippen molar-refractivity contribution in [2.45, 2.75) is 212 Å². The molecule has 1 heterocycles. The highest BCUT2D eigenvalue weighted by Gasteiger charge is 2.70. The molecule has 8 atom stereocenters. The summed E-state index contributed by atoms with van der Waals surface area (Å²) in [4.78, 5) is 92.9. The normalized spacial score (nSPS) is 19.9. The molecule has 500 valence electrons. The molecule has 1 unspecified atom stereocenters. The molecule has 0 bridgehead atoms. The Morgan fingerprint density at radius 1 is 0.674 bits per heavy atom. The maximum absolute atomic E-state index is 14.4. The fourth-order valence-electron chi connectivity index (χ4n) is 9.51. The third kappa shape index (κ3) is 25.1. The van der Waals surface area contributed by atoms with Crippen molar-refractivity contribution in [1.29, 1.82) is 0 Å². The number of hydrogen-bond donors (Lipinski definition) is 8. The van der Waals surface area contributed by atoms with Crippen LogP contribution in [0.25, 0.3) is 0 Å². The van der Waals surface area contributed by atoms with Crippen LogP contribution in [0.2, 0.25) is 0 Å². The lowest BCUT2D eigenvalue weighted by atomic mass is 9.80. The van der Waals surface area contributed by atoms with Crippen molar-refractivity contribution in [3.63, 3.8) is 0 Å². The molecular weight excluding hydrogens is 1150 g/mol. The maximum atomic E-state index is 14.4. The number of ether oxygens (including phenoxy) is 2. The van der Waals surface area contributed by atoms with Gasteiger partial charge in [-0.25, -0.2) is 19.1 Å². The molecule has 3 aliphatic rings. The van der Waals surface area contributed by atoms with Crippen LogP contribution in [0.3, 0.4) is 0 Å². The maximum Gasteiger partial charge on any atom is 0.407 e. The molecule has 3 rings (SSSR count). The zero-order valence-corrected chi connectivity index (χ0v) is 58.5. The van der Waals surface area contributed by atoms with Crippen LogP contribution in [0, 0.1) is 44.8 Å². The minimum absolute atomic E-state index is 0.00919. The average molecular weight is 1260 g/mol. The molecule has 0 aromatic heterocycles. The number of amides is 7. The van der Waals surface area contributed by atoms with Crippen LogP contribution >= 0.6 is 0 Å². The number of likely N-dealkylation sites (N-methyl/N-ethyl adjacent to an activating group) is 1. The standard InChI is InChI=1S/C35H61N7O7S.C13H29N3O4S.C11H24N2O2/c1-13-17-36-30(45)27(43)23(18-21-15-14-16-21)37-29(44)26-25-22(35(25,8)9)19-42(26)31(46)28(34(5,6)7)39-32(47)38-24(33(2,3)4)20-41(12)50(48,49)40(10)11;1-12(2,3)10(9-14-21(18,19)16(7)8)15-11(17)20-13(4,5)6;1-10(2,3)8(7-12)13-9(14)15-11(4,5)6/h13,21-26,28H,1,14-20H2,2-12H3,(H,36,45)(H,37,44)(H2,38,39,47);10,14H,9H2,1-8H3,(H,15,17);8H,7,12H2,1-6H3,(H,13,14)/t22-,23?,24+,25-,26-,28+;10-;8-/m011/s1. The van der Waals surface area contributed by atoms with Gasteiger partial charge in [-0.2, -0.15) is 29.8 Å². The van der Waals surface area contributed by atoms with Gasteiger partial charge in [-0.05, 0) is 92.8 Å². The molecule has 1 aliphatic heterocycles. The molecule has 27 heteroatoms. The second kappa shape index (κ2) is 30.7. The summed E-state index contributed by atoms with van der Waals surface area (Å²) in [6, 6.07) is -4.70. The van der Waals surface area contributed by atoms with Gasteiger partial charge in [-0.15, -0.1) is 6.58 Å². The van der Waals surface area contributed by atoms with Crippen LogP contribution in [0.1, 0.15) is 164 Å². The van der Waals surface area contributed by atoms with Crippen LogP contribution in [-0.2, 0) is 49.1 Å². The molecule has 7 amide bonds. The van der Waals surface area contributed by atoms with Crippen LogP contribution in [0.4, 0.5) is 14.4 Å². The number of fused-ring (bicyclic) bond motifs is 1. The molecule has 9 N–H and O–H groups in total. The Kier molecular flexibility index (Phi) is 28.3. The van der Waals surface area contributed by atoms with Gasteiger partial charge in [-0.1, -0.05) is 122 Å². The first-order valence-corrected chi connectivity index (χ1v) is 32.5. The molecule has 0 aromatic rings. The van der Waals surface area contributed by atoms with Gasteiger partial charge < -0.3 is 52.0 Å². The minimum Gasteiger partial charge on any atom is -0.444 e. The first kappa shape index (κ1) is 79.3. The molecule has 0 radical (unpaired) electrons. The van der Waals surface area contributed by atoms with Crippen molar-refractivity contribution >= 4 is 62.1 Å². The summed E-state index contributed by atoms with van der Waals surface area (Å²) in [5.41, 5.74) is 2.61. The molecule has 3 fully saturated rings. The number of carbonyl (C=O) groups excluding carboxylic acids is 7. The van der Waals surface area contributed by atoms with E-state index < -0.39 is 114 Å². The Morgan fingerprint density at radius 3 is 1.53 bits per heavy atom. The summed E-state index contributed by atoms with van der Waals surface area (Å²) in [5, 5.41) is 16.6. The third-order valence-corrected chi connectivity index (χ3v) is 18.9. The fourth-order valence-corrected chi connectivity index (χ4v) is 11.0. The van der Waals surface area contributed by atoms with Crippen LogP contribution in [0.15, 0.2) is 12.7 Å². The van der Waals surface area contributed by atoms with E-state index in [1.54, 1.807) is 20.8 Å². The smallest absolute Gasteiger partial charge is 0.407 e. The van der Waals surface area contributed by atoms with Crippen molar-refractivity contribution in [2.75, 3.05) is 68.0 Å². The Bertz CT molecular complexity index is 2550. The Balaban J connectivity index is 0.000000838. The van der Waals surface area contributed by atoms with Crippen molar-refractivity contribution in [2.24, 2.45) is 50.6 Å². The lowest BCUT2D eigenvalue weighted by Crippen LogP contribution is -2.63. The number of rotatable bonds is 22. The highest BCUT2D eigenvalue weighted by Crippen LogP contribution is 2.65. The summed E-state index contributed by atoms with van der Waals surface area (Å²) >= 11 is 0. The average Bonchev–Trinajstić information content (AvgIpc) is 1.53. The lowest BCUT2D eigenvalue weighted by Gasteiger charge is -2.39. The summed E-state index contributed by atoms with van der Waals surface area (Å²) in [5.74, 6) is -2.32. The van der Waals surface area contributed by atoms with Crippen molar-refractivity contribution in [3.05, 3.63) is 12.7 Å². The number of nitrogens with zero attached hydrogens (tertiary/aromatic N) is 4. The van der Waals surface area contributed by atoms with Crippen LogP contribution in [0.5, 0.6) is 0 Å². The second-order valence-corrected chi connectivity index (χ2v) is 34.5. The van der Waals surface area contributed by atoms with Crippen molar-refractivity contribution in [1.82, 2.24) is 54.4 Å². The van der Waals surface area contributed by atoms with E-state index in [0.29, 0.717) is 19.5 Å². The summed E-state index contributed by atoms with van der Waals surface area (Å²) in [7, 11) is -0.0880. The highest BCUT2D eigenvalue weighted by atomic mass is 32.2. The van der Waals surface area contributed by atoms with E-state index in [1.165, 1.54) is 50.5 Å². The molecule has 25 nitrogen and oxygen atoms in total. The van der Waals surface area contributed by atoms with Gasteiger partial charge in [-0.3, -0.25) is 19.2 Å². The quantitative estimate of drug-likeness (QED) is 0.0517. The molecule has 86 heavy (non-hydrogen) atoms. The number of carbonyl (C=O) groups is 7. The van der Waals surface area contributed by atoms with E-state index in [-0.39, 0.29) is 59.7 Å². The summed E-state index contributed by atoms with van der Waals surface area (Å²) < 4.78 is 65.1. The highest BCUT2D eigenvalue weighted by molar-refractivity contribution is 7.87. The molecule has 0 aromatic carbocycles. The number of likely N-dealkylation sites (tertiary alicyclic amines) is 1. The van der Waals surface area contributed by atoms with E-state index in [9.17, 15) is 50.4 Å². The predicted molar refractivity (Wildman–Crippen MR) is 337 cm³/mol. The van der Waals surface area contributed by atoms with Crippen molar-refractivity contribution in [3.8, 4) is 0 Å². The van der Waals surface area contributed by atoms with E-state index in [2.05, 4.69) is 57.0 Å². The second-order valence-electron chi connectivity index (χ2n) is 30.3. The number of piperidine rings is 1. The zero-order valence-electron chi connectivity index (χ0n) is 56.8. The molecule has 1 saturated heterocycles. The van der Waals surface area contributed by atoms with Gasteiger partial charge >= 0.3 is 18.2 Å². The minimum atomic E-state index is -3.74. The van der Waals surface area contributed by atoms with E-state index in [4.69, 9.17) is 15.2 Å². The van der Waals surface area contributed by atoms with Gasteiger partial charge in [0.15, 0.2) is 0 Å². The predicted octanol–water partition coefficient (Wildman–Crippen LogP) is 5.09. The topological polar surface area (TPSA) is 329 Å².